The van der Waals surface area contributed by atoms with Gasteiger partial charge >= 0.3 is 0 Å². The molecule has 0 aliphatic rings. The number of hydrogen-bond donors (Lipinski definition) is 0. The SMILES string of the molecule is CC(C)(C)c1ccc2oc3cc(-n4c5ccccc5c5c6oc7ccccc7c6ccc54)ccc3c(=O)c2c1. The number of rotatable bonds is 1. The second kappa shape index (κ2) is 7.61. The number of furan rings is 1. The zero-order chi connectivity index (χ0) is 26.5. The summed E-state index contributed by atoms with van der Waals surface area (Å²) < 4.78 is 15.0. The monoisotopic (exact) mass is 507 g/mol. The average molecular weight is 508 g/mol. The highest BCUT2D eigenvalue weighted by molar-refractivity contribution is 6.23. The average Bonchev–Trinajstić information content (AvgIpc) is 3.48. The zero-order valence-corrected chi connectivity index (χ0v) is 21.9. The molecule has 0 fully saturated rings. The van der Waals surface area contributed by atoms with Crippen molar-refractivity contribution in [3.63, 3.8) is 0 Å². The first-order valence-electron chi connectivity index (χ1n) is 13.2. The first kappa shape index (κ1) is 22.2. The lowest BCUT2D eigenvalue weighted by Gasteiger charge is -2.19. The maximum atomic E-state index is 13.5. The van der Waals surface area contributed by atoms with E-state index in [1.54, 1.807) is 0 Å². The van der Waals surface area contributed by atoms with Crippen molar-refractivity contribution < 1.29 is 8.83 Å². The number of nitrogens with zero attached hydrogens (tertiary/aromatic N) is 1. The molecule has 4 nitrogen and oxygen atoms in total. The molecule has 0 atom stereocenters. The molecule has 8 rings (SSSR count). The van der Waals surface area contributed by atoms with Crippen LogP contribution in [-0.2, 0) is 5.41 Å². The van der Waals surface area contributed by atoms with Crippen LogP contribution in [0.2, 0.25) is 0 Å². The molecule has 0 N–H and O–H groups in total. The number of aromatic nitrogens is 1. The van der Waals surface area contributed by atoms with Crippen LogP contribution in [0.15, 0.2) is 111 Å². The Morgan fingerprint density at radius 2 is 1.33 bits per heavy atom. The van der Waals surface area contributed by atoms with Crippen molar-refractivity contribution in [3.05, 3.63) is 113 Å². The molecule has 0 radical (unpaired) electrons. The molecule has 39 heavy (non-hydrogen) atoms. The third kappa shape index (κ3) is 3.09. The quantitative estimate of drug-likeness (QED) is 0.208. The lowest BCUT2D eigenvalue weighted by Crippen LogP contribution is -2.12. The maximum Gasteiger partial charge on any atom is 0.200 e. The molecule has 5 aromatic carbocycles. The van der Waals surface area contributed by atoms with Crippen molar-refractivity contribution in [2.75, 3.05) is 0 Å². The summed E-state index contributed by atoms with van der Waals surface area (Å²) in [7, 11) is 0. The van der Waals surface area contributed by atoms with Gasteiger partial charge < -0.3 is 13.4 Å². The minimum Gasteiger partial charge on any atom is -0.456 e. The fraction of sp³-hybridized carbons (Fsp3) is 0.114. The smallest absolute Gasteiger partial charge is 0.200 e. The van der Waals surface area contributed by atoms with Crippen molar-refractivity contribution in [1.82, 2.24) is 4.57 Å². The van der Waals surface area contributed by atoms with Gasteiger partial charge in [-0.2, -0.15) is 0 Å². The van der Waals surface area contributed by atoms with Crippen LogP contribution in [0.5, 0.6) is 0 Å². The fourth-order valence-corrected chi connectivity index (χ4v) is 5.96. The van der Waals surface area contributed by atoms with Gasteiger partial charge in [0.05, 0.1) is 27.2 Å². The Balaban J connectivity index is 1.43. The highest BCUT2D eigenvalue weighted by Crippen LogP contribution is 2.40. The van der Waals surface area contributed by atoms with Gasteiger partial charge in [-0.3, -0.25) is 4.79 Å². The van der Waals surface area contributed by atoms with Gasteiger partial charge in [0, 0.05) is 27.9 Å². The Labute approximate surface area is 223 Å². The third-order valence-electron chi connectivity index (χ3n) is 7.96. The van der Waals surface area contributed by atoms with Gasteiger partial charge in [0.15, 0.2) is 0 Å². The predicted octanol–water partition coefficient (Wildman–Crippen LogP) is 9.24. The van der Waals surface area contributed by atoms with Crippen LogP contribution >= 0.6 is 0 Å². The van der Waals surface area contributed by atoms with Crippen LogP contribution in [-0.4, -0.2) is 4.57 Å². The van der Waals surface area contributed by atoms with Crippen molar-refractivity contribution in [3.8, 4) is 5.69 Å². The van der Waals surface area contributed by atoms with E-state index in [9.17, 15) is 4.79 Å². The van der Waals surface area contributed by atoms with E-state index in [2.05, 4.69) is 67.8 Å². The number of para-hydroxylation sites is 2. The highest BCUT2D eigenvalue weighted by atomic mass is 16.3. The van der Waals surface area contributed by atoms with Gasteiger partial charge in [-0.25, -0.2) is 0 Å². The largest absolute Gasteiger partial charge is 0.456 e. The van der Waals surface area contributed by atoms with Crippen LogP contribution in [0.3, 0.4) is 0 Å². The lowest BCUT2D eigenvalue weighted by atomic mass is 9.86. The molecular weight excluding hydrogens is 482 g/mol. The fourth-order valence-electron chi connectivity index (χ4n) is 5.96. The second-order valence-corrected chi connectivity index (χ2v) is 11.4. The Bertz CT molecular complexity index is 2340. The molecule has 0 spiro atoms. The summed E-state index contributed by atoms with van der Waals surface area (Å²) in [6, 6.07) is 32.6. The highest BCUT2D eigenvalue weighted by Gasteiger charge is 2.20. The van der Waals surface area contributed by atoms with Gasteiger partial charge in [-0.05, 0) is 59.5 Å². The molecule has 4 heteroatoms. The molecule has 3 aromatic heterocycles. The molecule has 0 unspecified atom stereocenters. The molecule has 0 saturated carbocycles. The standard InChI is InChI=1S/C35H25NO3/c1-35(2,3)20-12-17-30-26(18-20)33(37)25-14-13-21(19-31(25)38-30)36-27-10-6-4-9-24(27)32-28(36)16-15-23-22-8-5-7-11-29(22)39-34(23)32/h4-19H,1-3H3. The van der Waals surface area contributed by atoms with Crippen LogP contribution in [0.4, 0.5) is 0 Å². The summed E-state index contributed by atoms with van der Waals surface area (Å²) in [6.07, 6.45) is 0. The van der Waals surface area contributed by atoms with E-state index in [-0.39, 0.29) is 10.8 Å². The summed E-state index contributed by atoms with van der Waals surface area (Å²) in [5.41, 5.74) is 7.03. The van der Waals surface area contributed by atoms with Gasteiger partial charge in [0.25, 0.3) is 0 Å². The minimum absolute atomic E-state index is 0.00453. The summed E-state index contributed by atoms with van der Waals surface area (Å²) in [5, 5.41) is 5.61. The van der Waals surface area contributed by atoms with E-state index in [1.165, 1.54) is 0 Å². The van der Waals surface area contributed by atoms with Crippen molar-refractivity contribution in [2.24, 2.45) is 0 Å². The lowest BCUT2D eigenvalue weighted by molar-refractivity contribution is 0.590. The summed E-state index contributed by atoms with van der Waals surface area (Å²) in [5.74, 6) is 0. The van der Waals surface area contributed by atoms with Gasteiger partial charge in [0.1, 0.15) is 22.3 Å². The summed E-state index contributed by atoms with van der Waals surface area (Å²) in [6.45, 7) is 6.44. The Morgan fingerprint density at radius 3 is 2.18 bits per heavy atom. The first-order valence-corrected chi connectivity index (χ1v) is 13.2. The molecule has 8 aromatic rings. The second-order valence-electron chi connectivity index (χ2n) is 11.4. The molecule has 0 amide bonds. The minimum atomic E-state index is -0.0543. The molecule has 0 saturated heterocycles. The van der Waals surface area contributed by atoms with Gasteiger partial charge in [-0.1, -0.05) is 63.2 Å². The molecule has 0 aliphatic carbocycles. The van der Waals surface area contributed by atoms with E-state index in [0.29, 0.717) is 21.9 Å². The molecule has 188 valence electrons. The predicted molar refractivity (Wildman–Crippen MR) is 160 cm³/mol. The Kier molecular flexibility index (Phi) is 4.33. The number of benzene rings is 5. The Hall–Kier alpha value is -4.83. The van der Waals surface area contributed by atoms with E-state index in [1.807, 2.05) is 54.6 Å². The molecular formula is C35H25NO3. The maximum absolute atomic E-state index is 13.5. The van der Waals surface area contributed by atoms with Crippen molar-refractivity contribution >= 4 is 65.7 Å². The van der Waals surface area contributed by atoms with Crippen LogP contribution in [0.25, 0.3) is 71.4 Å². The Morgan fingerprint density at radius 1 is 0.590 bits per heavy atom. The van der Waals surface area contributed by atoms with Gasteiger partial charge in [-0.15, -0.1) is 0 Å². The van der Waals surface area contributed by atoms with Gasteiger partial charge in [0.2, 0.25) is 5.43 Å². The van der Waals surface area contributed by atoms with E-state index >= 15 is 0 Å². The van der Waals surface area contributed by atoms with Crippen molar-refractivity contribution in [1.29, 1.82) is 0 Å². The first-order chi connectivity index (χ1) is 18.9. The van der Waals surface area contributed by atoms with E-state index in [4.69, 9.17) is 8.83 Å². The number of hydrogen-bond acceptors (Lipinski definition) is 3. The van der Waals surface area contributed by atoms with Crippen LogP contribution in [0.1, 0.15) is 26.3 Å². The van der Waals surface area contributed by atoms with Crippen LogP contribution < -0.4 is 5.43 Å². The molecule has 0 aliphatic heterocycles. The summed E-state index contributed by atoms with van der Waals surface area (Å²) >= 11 is 0. The van der Waals surface area contributed by atoms with E-state index < -0.39 is 0 Å². The topological polar surface area (TPSA) is 48.3 Å². The third-order valence-corrected chi connectivity index (χ3v) is 7.96. The normalized spacial score (nSPS) is 12.6. The van der Waals surface area contributed by atoms with Crippen LogP contribution in [0, 0.1) is 0 Å². The molecule has 0 bridgehead atoms. The van der Waals surface area contributed by atoms with Crippen molar-refractivity contribution in [2.45, 2.75) is 26.2 Å². The van der Waals surface area contributed by atoms with E-state index in [0.717, 1.165) is 55.0 Å². The molecule has 3 heterocycles. The number of fused-ring (bicyclic) bond motifs is 9. The summed E-state index contributed by atoms with van der Waals surface area (Å²) in [4.78, 5) is 13.5. The zero-order valence-electron chi connectivity index (χ0n) is 21.9.